The van der Waals surface area contributed by atoms with Gasteiger partial charge in [-0.15, -0.1) is 0 Å². The standard InChI is InChI=1S/C14H11F3N2OS/c15-14(16,17)10-4-1-3-9(7-10)12(20)11-8-18-13(21-11)19-5-2-6-19/h1,3-4,7-8H,2,5-6H2. The molecule has 1 aliphatic heterocycles. The third-order valence-electron chi connectivity index (χ3n) is 3.30. The lowest BCUT2D eigenvalue weighted by Gasteiger charge is -2.30. The molecule has 0 aliphatic carbocycles. The molecule has 3 rings (SSSR count). The second kappa shape index (κ2) is 5.14. The highest BCUT2D eigenvalue weighted by Gasteiger charge is 2.31. The highest BCUT2D eigenvalue weighted by molar-refractivity contribution is 7.17. The SMILES string of the molecule is O=C(c1cccc(C(F)(F)F)c1)c1cnc(N2CCC2)s1. The smallest absolute Gasteiger partial charge is 0.348 e. The first-order valence-corrected chi connectivity index (χ1v) is 7.19. The van der Waals surface area contributed by atoms with Crippen molar-refractivity contribution in [2.45, 2.75) is 12.6 Å². The zero-order valence-corrected chi connectivity index (χ0v) is 11.7. The first-order chi connectivity index (χ1) is 9.95. The lowest BCUT2D eigenvalue weighted by atomic mass is 10.1. The normalized spacial score (nSPS) is 14.9. The summed E-state index contributed by atoms with van der Waals surface area (Å²) in [6, 6.07) is 4.47. The number of carbonyl (C=O) groups is 1. The van der Waals surface area contributed by atoms with E-state index in [1.54, 1.807) is 0 Å². The van der Waals surface area contributed by atoms with Crippen LogP contribution in [0, 0.1) is 0 Å². The molecular formula is C14H11F3N2OS. The fourth-order valence-electron chi connectivity index (χ4n) is 2.00. The van der Waals surface area contributed by atoms with E-state index in [1.165, 1.54) is 29.7 Å². The van der Waals surface area contributed by atoms with Crippen LogP contribution < -0.4 is 4.90 Å². The van der Waals surface area contributed by atoms with Crippen molar-refractivity contribution >= 4 is 22.3 Å². The van der Waals surface area contributed by atoms with Gasteiger partial charge >= 0.3 is 6.18 Å². The monoisotopic (exact) mass is 312 g/mol. The molecule has 0 N–H and O–H groups in total. The van der Waals surface area contributed by atoms with Gasteiger partial charge in [0, 0.05) is 18.7 Å². The van der Waals surface area contributed by atoms with Crippen molar-refractivity contribution in [1.29, 1.82) is 0 Å². The number of hydrogen-bond acceptors (Lipinski definition) is 4. The van der Waals surface area contributed by atoms with Crippen molar-refractivity contribution in [3.05, 3.63) is 46.5 Å². The molecule has 110 valence electrons. The molecule has 1 aliphatic rings. The summed E-state index contributed by atoms with van der Waals surface area (Å²) in [6.45, 7) is 1.81. The highest BCUT2D eigenvalue weighted by atomic mass is 32.1. The average Bonchev–Trinajstić information content (AvgIpc) is 2.84. The van der Waals surface area contributed by atoms with Crippen LogP contribution in [0.5, 0.6) is 0 Å². The quantitative estimate of drug-likeness (QED) is 0.812. The predicted molar refractivity (Wildman–Crippen MR) is 73.8 cm³/mol. The number of nitrogens with zero attached hydrogens (tertiary/aromatic N) is 2. The Labute approximate surface area is 123 Å². The van der Waals surface area contributed by atoms with Gasteiger partial charge in [-0.25, -0.2) is 4.98 Å². The Balaban J connectivity index is 1.86. The minimum atomic E-state index is -4.45. The van der Waals surface area contributed by atoms with Gasteiger partial charge in [-0.2, -0.15) is 13.2 Å². The van der Waals surface area contributed by atoms with Crippen LogP contribution in [0.1, 0.15) is 27.2 Å². The maximum absolute atomic E-state index is 12.7. The predicted octanol–water partition coefficient (Wildman–Crippen LogP) is 3.60. The average molecular weight is 312 g/mol. The molecule has 0 saturated carbocycles. The van der Waals surface area contributed by atoms with Gasteiger partial charge < -0.3 is 4.90 Å². The van der Waals surface area contributed by atoms with Gasteiger partial charge in [0.05, 0.1) is 16.6 Å². The van der Waals surface area contributed by atoms with Crippen LogP contribution in [0.4, 0.5) is 18.3 Å². The summed E-state index contributed by atoms with van der Waals surface area (Å²) in [6.07, 6.45) is -1.93. The van der Waals surface area contributed by atoms with Crippen molar-refractivity contribution in [1.82, 2.24) is 4.98 Å². The van der Waals surface area contributed by atoms with Crippen LogP contribution >= 0.6 is 11.3 Å². The van der Waals surface area contributed by atoms with E-state index < -0.39 is 17.5 Å². The van der Waals surface area contributed by atoms with E-state index in [1.807, 2.05) is 4.90 Å². The zero-order chi connectivity index (χ0) is 15.0. The molecule has 1 aromatic heterocycles. The minimum absolute atomic E-state index is 0.0311. The number of anilines is 1. The van der Waals surface area contributed by atoms with Gasteiger partial charge in [-0.1, -0.05) is 23.5 Å². The molecule has 2 aromatic rings. The number of benzene rings is 1. The second-order valence-electron chi connectivity index (χ2n) is 4.76. The van der Waals surface area contributed by atoms with Gasteiger partial charge in [0.15, 0.2) is 5.13 Å². The van der Waals surface area contributed by atoms with E-state index >= 15 is 0 Å². The molecule has 1 saturated heterocycles. The molecule has 0 spiro atoms. The van der Waals surface area contributed by atoms with E-state index in [4.69, 9.17) is 0 Å². The molecule has 2 heterocycles. The lowest BCUT2D eigenvalue weighted by molar-refractivity contribution is -0.137. The summed E-state index contributed by atoms with van der Waals surface area (Å²) in [5, 5.41) is 0.747. The van der Waals surface area contributed by atoms with Crippen LogP contribution in [-0.4, -0.2) is 23.9 Å². The first kappa shape index (κ1) is 14.1. The van der Waals surface area contributed by atoms with Crippen molar-refractivity contribution in [3.8, 4) is 0 Å². The number of carbonyl (C=O) groups excluding carboxylic acids is 1. The van der Waals surface area contributed by atoms with Crippen LogP contribution in [0.15, 0.2) is 30.5 Å². The zero-order valence-electron chi connectivity index (χ0n) is 10.9. The molecule has 0 bridgehead atoms. The summed E-state index contributed by atoms with van der Waals surface area (Å²) >= 11 is 1.22. The van der Waals surface area contributed by atoms with Crippen LogP contribution in [-0.2, 0) is 6.18 Å². The Morgan fingerprint density at radius 1 is 1.29 bits per heavy atom. The van der Waals surface area contributed by atoms with Crippen molar-refractivity contribution in [2.24, 2.45) is 0 Å². The van der Waals surface area contributed by atoms with Crippen molar-refractivity contribution in [3.63, 3.8) is 0 Å². The summed E-state index contributed by atoms with van der Waals surface area (Å²) in [7, 11) is 0. The molecule has 21 heavy (non-hydrogen) atoms. The van der Waals surface area contributed by atoms with Gasteiger partial charge in [0.1, 0.15) is 0 Å². The van der Waals surface area contributed by atoms with E-state index in [-0.39, 0.29) is 5.56 Å². The van der Waals surface area contributed by atoms with Gasteiger partial charge in [0.2, 0.25) is 5.78 Å². The molecule has 3 nitrogen and oxygen atoms in total. The Morgan fingerprint density at radius 2 is 2.05 bits per heavy atom. The molecule has 1 aromatic carbocycles. The van der Waals surface area contributed by atoms with E-state index in [9.17, 15) is 18.0 Å². The topological polar surface area (TPSA) is 33.2 Å². The molecule has 0 unspecified atom stereocenters. The van der Waals surface area contributed by atoms with Crippen LogP contribution in [0.3, 0.4) is 0 Å². The van der Waals surface area contributed by atoms with Gasteiger partial charge in [-0.3, -0.25) is 4.79 Å². The first-order valence-electron chi connectivity index (χ1n) is 6.38. The van der Waals surface area contributed by atoms with Crippen LogP contribution in [0.2, 0.25) is 0 Å². The maximum atomic E-state index is 12.7. The van der Waals surface area contributed by atoms with E-state index in [0.717, 1.165) is 36.8 Å². The largest absolute Gasteiger partial charge is 0.416 e. The fraction of sp³-hybridized carbons (Fsp3) is 0.286. The van der Waals surface area contributed by atoms with Crippen molar-refractivity contribution < 1.29 is 18.0 Å². The summed E-state index contributed by atoms with van der Waals surface area (Å²) in [5.41, 5.74) is -0.788. The fourth-order valence-corrected chi connectivity index (χ4v) is 2.93. The summed E-state index contributed by atoms with van der Waals surface area (Å²) in [4.78, 5) is 18.8. The number of halogens is 3. The third kappa shape index (κ3) is 2.78. The number of alkyl halides is 3. The third-order valence-corrected chi connectivity index (χ3v) is 4.35. The summed E-state index contributed by atoms with van der Waals surface area (Å²) < 4.78 is 38.0. The summed E-state index contributed by atoms with van der Waals surface area (Å²) in [5.74, 6) is -0.426. The molecule has 0 amide bonds. The highest BCUT2D eigenvalue weighted by Crippen LogP contribution is 2.31. The minimum Gasteiger partial charge on any atom is -0.348 e. The lowest BCUT2D eigenvalue weighted by Crippen LogP contribution is -2.36. The Kier molecular flexibility index (Phi) is 3.44. The number of thiazole rings is 1. The number of aromatic nitrogens is 1. The maximum Gasteiger partial charge on any atom is 0.416 e. The molecule has 7 heteroatoms. The van der Waals surface area contributed by atoms with Crippen LogP contribution in [0.25, 0.3) is 0 Å². The Bertz CT molecular complexity index is 677. The molecule has 0 atom stereocenters. The van der Waals surface area contributed by atoms with Crippen molar-refractivity contribution in [2.75, 3.05) is 18.0 Å². The molecule has 0 radical (unpaired) electrons. The molecule has 1 fully saturated rings. The second-order valence-corrected chi connectivity index (χ2v) is 5.76. The van der Waals surface area contributed by atoms with E-state index in [0.29, 0.717) is 4.88 Å². The Hall–Kier alpha value is -1.89. The molecular weight excluding hydrogens is 301 g/mol. The van der Waals surface area contributed by atoms with Gasteiger partial charge in [0.25, 0.3) is 0 Å². The van der Waals surface area contributed by atoms with E-state index in [2.05, 4.69) is 4.98 Å². The number of hydrogen-bond donors (Lipinski definition) is 0. The Morgan fingerprint density at radius 3 is 2.67 bits per heavy atom. The number of ketones is 1. The van der Waals surface area contributed by atoms with Gasteiger partial charge in [-0.05, 0) is 18.6 Å². The number of rotatable bonds is 3.